The quantitative estimate of drug-likeness (QED) is 0.844. The lowest BCUT2D eigenvalue weighted by atomic mass is 9.90. The Morgan fingerprint density at radius 1 is 1.27 bits per heavy atom. The number of halogens is 1. The van der Waals surface area contributed by atoms with E-state index in [4.69, 9.17) is 16.3 Å². The number of benzene rings is 2. The molecule has 136 valence electrons. The van der Waals surface area contributed by atoms with Crippen LogP contribution in [0.2, 0.25) is 5.02 Å². The van der Waals surface area contributed by atoms with E-state index in [0.29, 0.717) is 22.0 Å². The monoisotopic (exact) mass is 373 g/mol. The summed E-state index contributed by atoms with van der Waals surface area (Å²) in [6, 6.07) is 12.5. The van der Waals surface area contributed by atoms with Crippen molar-refractivity contribution in [3.63, 3.8) is 0 Å². The van der Waals surface area contributed by atoms with Crippen molar-refractivity contribution in [2.75, 3.05) is 18.1 Å². The lowest BCUT2D eigenvalue weighted by Crippen LogP contribution is -2.43. The van der Waals surface area contributed by atoms with Gasteiger partial charge in [-0.05, 0) is 49.7 Å². The predicted molar refractivity (Wildman–Crippen MR) is 99.7 cm³/mol. The molecule has 26 heavy (non-hydrogen) atoms. The number of fused-ring (bicyclic) bond motifs is 1. The Morgan fingerprint density at radius 2 is 2.04 bits per heavy atom. The van der Waals surface area contributed by atoms with Crippen LogP contribution in [0.1, 0.15) is 24.5 Å². The minimum Gasteiger partial charge on any atom is -0.492 e. The molecule has 0 fully saturated rings. The maximum atomic E-state index is 12.9. The molecule has 0 saturated heterocycles. The minimum absolute atomic E-state index is 0.252. The first-order valence-corrected chi connectivity index (χ1v) is 8.72. The summed E-state index contributed by atoms with van der Waals surface area (Å²) in [6.07, 6.45) is -0.283. The molecular formula is C20H20ClNO4. The first-order valence-electron chi connectivity index (χ1n) is 8.34. The number of carbonyl (C=O) groups is 2. The van der Waals surface area contributed by atoms with Gasteiger partial charge in [-0.25, -0.2) is 0 Å². The maximum Gasteiger partial charge on any atom is 0.264 e. The number of nitrogens with zero attached hydrogens (tertiary/aromatic N) is 1. The van der Waals surface area contributed by atoms with Gasteiger partial charge < -0.3 is 14.7 Å². The Morgan fingerprint density at radius 3 is 2.73 bits per heavy atom. The van der Waals surface area contributed by atoms with Crippen LogP contribution in [0.15, 0.2) is 42.5 Å². The Kier molecular flexibility index (Phi) is 5.03. The van der Waals surface area contributed by atoms with E-state index in [9.17, 15) is 14.7 Å². The van der Waals surface area contributed by atoms with Gasteiger partial charge in [0.15, 0.2) is 5.60 Å². The molecule has 0 aromatic heterocycles. The zero-order chi connectivity index (χ0) is 18.9. The van der Waals surface area contributed by atoms with Gasteiger partial charge in [-0.1, -0.05) is 23.7 Å². The fourth-order valence-corrected chi connectivity index (χ4v) is 3.41. The second kappa shape index (κ2) is 7.09. The highest BCUT2D eigenvalue weighted by molar-refractivity contribution is 6.31. The molecule has 0 radical (unpaired) electrons. The molecule has 5 nitrogen and oxygen atoms in total. The molecule has 1 atom stereocenters. The Hall–Kier alpha value is -2.37. The average molecular weight is 374 g/mol. The standard InChI is InChI=1S/C20H20ClNO4/c1-13-4-3-5-16(10-13)26-9-8-22-18-7-6-15(21)11-17(18)20(25,19(22)24)12-14(2)23/h3-7,10-11,25H,8-9,12H2,1-2H3/t20-/m0/s1. The third kappa shape index (κ3) is 3.45. The van der Waals surface area contributed by atoms with Crippen LogP contribution in [-0.2, 0) is 15.2 Å². The van der Waals surface area contributed by atoms with E-state index in [0.717, 1.165) is 5.56 Å². The zero-order valence-corrected chi connectivity index (χ0v) is 15.4. The van der Waals surface area contributed by atoms with Gasteiger partial charge in [0.25, 0.3) is 5.91 Å². The lowest BCUT2D eigenvalue weighted by molar-refractivity contribution is -0.141. The number of ketones is 1. The molecule has 0 unspecified atom stereocenters. The van der Waals surface area contributed by atoms with Crippen molar-refractivity contribution < 1.29 is 19.4 Å². The molecule has 6 heteroatoms. The van der Waals surface area contributed by atoms with E-state index in [-0.39, 0.29) is 25.4 Å². The molecule has 0 aliphatic carbocycles. The highest BCUT2D eigenvalue weighted by atomic mass is 35.5. The van der Waals surface area contributed by atoms with Crippen LogP contribution in [0.4, 0.5) is 5.69 Å². The van der Waals surface area contributed by atoms with Crippen molar-refractivity contribution in [1.82, 2.24) is 0 Å². The summed E-state index contributed by atoms with van der Waals surface area (Å²) in [7, 11) is 0. The minimum atomic E-state index is -1.88. The number of hydrogen-bond acceptors (Lipinski definition) is 4. The number of carbonyl (C=O) groups excluding carboxylic acids is 2. The summed E-state index contributed by atoms with van der Waals surface area (Å²) < 4.78 is 5.72. The van der Waals surface area contributed by atoms with Crippen LogP contribution >= 0.6 is 11.6 Å². The van der Waals surface area contributed by atoms with Crippen molar-refractivity contribution in [2.24, 2.45) is 0 Å². The molecule has 0 spiro atoms. The first-order chi connectivity index (χ1) is 12.3. The summed E-state index contributed by atoms with van der Waals surface area (Å²) in [5.41, 5.74) is 0.113. The van der Waals surface area contributed by atoms with Crippen molar-refractivity contribution >= 4 is 29.0 Å². The fraction of sp³-hybridized carbons (Fsp3) is 0.300. The van der Waals surface area contributed by atoms with E-state index < -0.39 is 11.5 Å². The second-order valence-corrected chi connectivity index (χ2v) is 6.96. The normalized spacial score (nSPS) is 18.8. The molecule has 1 aliphatic rings. The van der Waals surface area contributed by atoms with Gasteiger partial charge in [-0.2, -0.15) is 0 Å². The maximum absolute atomic E-state index is 12.9. The molecule has 2 aromatic carbocycles. The van der Waals surface area contributed by atoms with Gasteiger partial charge in [0.1, 0.15) is 18.1 Å². The molecule has 3 rings (SSSR count). The number of aryl methyl sites for hydroxylation is 1. The number of hydrogen-bond donors (Lipinski definition) is 1. The summed E-state index contributed by atoms with van der Waals surface area (Å²) in [6.45, 7) is 3.83. The van der Waals surface area contributed by atoms with E-state index in [1.54, 1.807) is 18.2 Å². The molecule has 1 N–H and O–H groups in total. The first kappa shape index (κ1) is 18.4. The predicted octanol–water partition coefficient (Wildman–Crippen LogP) is 3.24. The van der Waals surface area contributed by atoms with Crippen LogP contribution in [0.25, 0.3) is 0 Å². The Bertz CT molecular complexity index is 867. The molecule has 0 saturated carbocycles. The Labute approximate surface area is 157 Å². The van der Waals surface area contributed by atoms with Gasteiger partial charge in [0.05, 0.1) is 12.2 Å². The Balaban J connectivity index is 1.82. The highest BCUT2D eigenvalue weighted by Crippen LogP contribution is 2.43. The number of aliphatic hydroxyl groups is 1. The summed E-state index contributed by atoms with van der Waals surface area (Å²) in [5.74, 6) is -0.0885. The largest absolute Gasteiger partial charge is 0.492 e. The van der Waals surface area contributed by atoms with Gasteiger partial charge in [-0.3, -0.25) is 9.59 Å². The van der Waals surface area contributed by atoms with Crippen molar-refractivity contribution in [2.45, 2.75) is 25.9 Å². The number of rotatable bonds is 6. The second-order valence-electron chi connectivity index (χ2n) is 6.52. The summed E-state index contributed by atoms with van der Waals surface area (Å²) in [4.78, 5) is 25.9. The molecule has 1 amide bonds. The molecule has 1 aliphatic heterocycles. The van der Waals surface area contributed by atoms with Crippen molar-refractivity contribution in [3.05, 3.63) is 58.6 Å². The SMILES string of the molecule is CC(=O)C[C@@]1(O)C(=O)N(CCOc2cccc(C)c2)c2ccc(Cl)cc21. The van der Waals surface area contributed by atoms with Crippen LogP contribution in [0, 0.1) is 6.92 Å². The van der Waals surface area contributed by atoms with E-state index in [2.05, 4.69) is 0 Å². The highest BCUT2D eigenvalue weighted by Gasteiger charge is 2.50. The molecule has 1 heterocycles. The summed E-state index contributed by atoms with van der Waals surface area (Å²) >= 11 is 6.03. The van der Waals surface area contributed by atoms with Crippen LogP contribution in [-0.4, -0.2) is 29.9 Å². The van der Waals surface area contributed by atoms with Gasteiger partial charge in [-0.15, -0.1) is 0 Å². The third-order valence-electron chi connectivity index (χ3n) is 4.37. The molecule has 2 aromatic rings. The van der Waals surface area contributed by atoms with Crippen molar-refractivity contribution in [1.29, 1.82) is 0 Å². The van der Waals surface area contributed by atoms with E-state index in [1.807, 2.05) is 31.2 Å². The average Bonchev–Trinajstić information content (AvgIpc) is 2.76. The number of ether oxygens (including phenoxy) is 1. The topological polar surface area (TPSA) is 66.8 Å². The van der Waals surface area contributed by atoms with Gasteiger partial charge in [0, 0.05) is 17.0 Å². The van der Waals surface area contributed by atoms with Crippen molar-refractivity contribution in [3.8, 4) is 5.75 Å². The van der Waals surface area contributed by atoms with Crippen LogP contribution < -0.4 is 9.64 Å². The zero-order valence-electron chi connectivity index (χ0n) is 14.7. The van der Waals surface area contributed by atoms with Crippen LogP contribution in [0.3, 0.4) is 0 Å². The van der Waals surface area contributed by atoms with Gasteiger partial charge in [0.2, 0.25) is 0 Å². The summed E-state index contributed by atoms with van der Waals surface area (Å²) in [5, 5.41) is 11.3. The molecule has 0 bridgehead atoms. The van der Waals surface area contributed by atoms with Crippen LogP contribution in [0.5, 0.6) is 5.75 Å². The number of Topliss-reactive ketones (excluding diaryl/α,β-unsaturated/α-hetero) is 1. The lowest BCUT2D eigenvalue weighted by Gasteiger charge is -2.22. The fourth-order valence-electron chi connectivity index (χ4n) is 3.24. The van der Waals surface area contributed by atoms with E-state index >= 15 is 0 Å². The molecular weight excluding hydrogens is 354 g/mol. The smallest absolute Gasteiger partial charge is 0.264 e. The number of amides is 1. The number of anilines is 1. The van der Waals surface area contributed by atoms with E-state index in [1.165, 1.54) is 11.8 Å². The van der Waals surface area contributed by atoms with Gasteiger partial charge >= 0.3 is 0 Å². The third-order valence-corrected chi connectivity index (χ3v) is 4.61.